The first-order chi connectivity index (χ1) is 15.3. The molecule has 2 aromatic carbocycles. The van der Waals surface area contributed by atoms with Gasteiger partial charge < -0.3 is 4.42 Å². The van der Waals surface area contributed by atoms with Gasteiger partial charge in [-0.1, -0.05) is 42.1 Å². The zero-order valence-electron chi connectivity index (χ0n) is 16.6. The van der Waals surface area contributed by atoms with Gasteiger partial charge in [0.15, 0.2) is 4.32 Å². The summed E-state index contributed by atoms with van der Waals surface area (Å²) in [5, 5.41) is 12.2. The predicted octanol–water partition coefficient (Wildman–Crippen LogP) is 4.71. The second-order valence-corrected chi connectivity index (χ2v) is 8.46. The van der Waals surface area contributed by atoms with Gasteiger partial charge in [-0.05, 0) is 43.4 Å². The molecule has 0 radical (unpaired) electrons. The molecule has 160 valence electrons. The van der Waals surface area contributed by atoms with Gasteiger partial charge in [-0.2, -0.15) is 5.01 Å². The molecule has 0 bridgehead atoms. The van der Waals surface area contributed by atoms with Crippen molar-refractivity contribution in [2.45, 2.75) is 6.92 Å². The maximum absolute atomic E-state index is 12.7. The first-order valence-electron chi connectivity index (χ1n) is 9.33. The molecular formula is C22H15N3O5S2. The number of nitro benzene ring substituents is 1. The highest BCUT2D eigenvalue weighted by Gasteiger charge is 2.34. The number of aryl methyl sites for hydroxylation is 1. The van der Waals surface area contributed by atoms with Crippen molar-refractivity contribution in [2.75, 3.05) is 0 Å². The monoisotopic (exact) mass is 465 g/mol. The van der Waals surface area contributed by atoms with Crippen molar-refractivity contribution in [3.05, 3.63) is 92.6 Å². The molecule has 4 rings (SSSR count). The topological polar surface area (TPSA) is 106 Å². The van der Waals surface area contributed by atoms with Crippen LogP contribution in [0.1, 0.15) is 21.7 Å². The van der Waals surface area contributed by atoms with Gasteiger partial charge in [-0.3, -0.25) is 25.1 Å². The molecule has 1 saturated heterocycles. The maximum atomic E-state index is 12.7. The van der Waals surface area contributed by atoms with Crippen LogP contribution < -0.4 is 5.43 Å². The lowest BCUT2D eigenvalue weighted by Gasteiger charge is -2.15. The number of hydrogen-bond acceptors (Lipinski definition) is 7. The minimum atomic E-state index is -0.479. The number of nitro groups is 1. The number of amides is 2. The quantitative estimate of drug-likeness (QED) is 0.252. The molecule has 1 aliphatic rings. The van der Waals surface area contributed by atoms with Crippen molar-refractivity contribution in [3.63, 3.8) is 0 Å². The summed E-state index contributed by atoms with van der Waals surface area (Å²) in [5.74, 6) is -0.136. The third-order valence-electron chi connectivity index (χ3n) is 4.63. The third kappa shape index (κ3) is 4.32. The van der Waals surface area contributed by atoms with Crippen LogP contribution in [0.2, 0.25) is 0 Å². The van der Waals surface area contributed by atoms with Gasteiger partial charge in [0, 0.05) is 28.8 Å². The standard InChI is InChI=1S/C22H15N3O5S2/c1-13-7-8-15(11-17(13)25(28)29)18-10-9-16(30-18)12-19-21(27)24(22(31)32-19)23-20(26)14-5-3-2-4-6-14/h2-12H,1H3,(H,23,26). The van der Waals surface area contributed by atoms with Crippen LogP contribution in [-0.4, -0.2) is 26.1 Å². The molecule has 3 aromatic rings. The van der Waals surface area contributed by atoms with Crippen molar-refractivity contribution in [2.24, 2.45) is 0 Å². The highest BCUT2D eigenvalue weighted by Crippen LogP contribution is 2.33. The average molecular weight is 466 g/mol. The molecule has 1 fully saturated rings. The summed E-state index contributed by atoms with van der Waals surface area (Å²) in [6, 6.07) is 16.6. The van der Waals surface area contributed by atoms with E-state index in [4.69, 9.17) is 16.6 Å². The van der Waals surface area contributed by atoms with E-state index in [2.05, 4.69) is 5.43 Å². The van der Waals surface area contributed by atoms with Gasteiger partial charge in [0.05, 0.1) is 9.83 Å². The molecule has 0 spiro atoms. The van der Waals surface area contributed by atoms with Crippen LogP contribution in [-0.2, 0) is 4.79 Å². The van der Waals surface area contributed by atoms with Gasteiger partial charge >= 0.3 is 0 Å². The molecule has 1 N–H and O–H groups in total. The first kappa shape index (κ1) is 21.5. The van der Waals surface area contributed by atoms with Crippen molar-refractivity contribution >= 4 is 51.9 Å². The number of hydrazine groups is 1. The van der Waals surface area contributed by atoms with Gasteiger partial charge in [-0.25, -0.2) is 0 Å². The zero-order valence-corrected chi connectivity index (χ0v) is 18.2. The molecule has 2 heterocycles. The van der Waals surface area contributed by atoms with E-state index in [0.29, 0.717) is 28.2 Å². The Labute approximate surface area is 192 Å². The van der Waals surface area contributed by atoms with E-state index in [9.17, 15) is 19.7 Å². The number of benzene rings is 2. The molecule has 1 aromatic heterocycles. The smallest absolute Gasteiger partial charge is 0.285 e. The molecule has 1 aliphatic heterocycles. The number of thiocarbonyl (C=S) groups is 1. The Morgan fingerprint density at radius 1 is 1.19 bits per heavy atom. The molecule has 0 saturated carbocycles. The maximum Gasteiger partial charge on any atom is 0.285 e. The summed E-state index contributed by atoms with van der Waals surface area (Å²) in [6.07, 6.45) is 1.51. The van der Waals surface area contributed by atoms with Crippen molar-refractivity contribution in [1.82, 2.24) is 10.4 Å². The summed E-state index contributed by atoms with van der Waals surface area (Å²) in [7, 11) is 0. The molecular weight excluding hydrogens is 450 g/mol. The van der Waals surface area contributed by atoms with E-state index in [-0.39, 0.29) is 14.9 Å². The van der Waals surface area contributed by atoms with Gasteiger partial charge in [0.25, 0.3) is 17.5 Å². The van der Waals surface area contributed by atoms with Crippen LogP contribution in [0.3, 0.4) is 0 Å². The molecule has 0 atom stereocenters. The fraction of sp³-hybridized carbons (Fsp3) is 0.0455. The lowest BCUT2D eigenvalue weighted by atomic mass is 10.1. The third-order valence-corrected chi connectivity index (χ3v) is 5.94. The average Bonchev–Trinajstić information content (AvgIpc) is 3.35. The lowest BCUT2D eigenvalue weighted by Crippen LogP contribution is -2.44. The van der Waals surface area contributed by atoms with Crippen LogP contribution in [0.4, 0.5) is 5.69 Å². The molecule has 10 heteroatoms. The summed E-state index contributed by atoms with van der Waals surface area (Å²) < 4.78 is 5.95. The van der Waals surface area contributed by atoms with Crippen LogP contribution in [0, 0.1) is 17.0 Å². The number of nitrogens with one attached hydrogen (secondary N) is 1. The van der Waals surface area contributed by atoms with Crippen LogP contribution in [0.25, 0.3) is 17.4 Å². The summed E-state index contributed by atoms with van der Waals surface area (Å²) in [4.78, 5) is 36.1. The predicted molar refractivity (Wildman–Crippen MR) is 124 cm³/mol. The first-order valence-corrected chi connectivity index (χ1v) is 10.5. The number of furan rings is 1. The van der Waals surface area contributed by atoms with E-state index >= 15 is 0 Å². The molecule has 32 heavy (non-hydrogen) atoms. The second-order valence-electron chi connectivity index (χ2n) is 6.78. The second kappa shape index (κ2) is 8.77. The van der Waals surface area contributed by atoms with Crippen LogP contribution in [0.15, 0.2) is 70.0 Å². The Morgan fingerprint density at radius 2 is 1.94 bits per heavy atom. The Kier molecular flexibility index (Phi) is 5.89. The van der Waals surface area contributed by atoms with Crippen molar-refractivity contribution in [3.8, 4) is 11.3 Å². The van der Waals surface area contributed by atoms with E-state index in [1.54, 1.807) is 61.5 Å². The Morgan fingerprint density at radius 3 is 2.66 bits per heavy atom. The number of carbonyl (C=O) groups is 2. The summed E-state index contributed by atoms with van der Waals surface area (Å²) in [6.45, 7) is 1.66. The van der Waals surface area contributed by atoms with Gasteiger partial charge in [0.1, 0.15) is 11.5 Å². The molecule has 8 nitrogen and oxygen atoms in total. The van der Waals surface area contributed by atoms with Gasteiger partial charge in [0.2, 0.25) is 0 Å². The largest absolute Gasteiger partial charge is 0.457 e. The van der Waals surface area contributed by atoms with E-state index in [0.717, 1.165) is 16.8 Å². The van der Waals surface area contributed by atoms with Crippen molar-refractivity contribution < 1.29 is 18.9 Å². The number of hydrogen-bond donors (Lipinski definition) is 1. The van der Waals surface area contributed by atoms with Crippen LogP contribution in [0.5, 0.6) is 0 Å². The summed E-state index contributed by atoms with van der Waals surface area (Å²) >= 11 is 6.26. The molecule has 0 aliphatic carbocycles. The Bertz CT molecular complexity index is 1280. The number of carbonyl (C=O) groups excluding carboxylic acids is 2. The van der Waals surface area contributed by atoms with Crippen molar-refractivity contribution in [1.29, 1.82) is 0 Å². The summed E-state index contributed by atoms with van der Waals surface area (Å²) in [5.41, 5.74) is 4.00. The number of nitrogens with zero attached hydrogens (tertiary/aromatic N) is 2. The van der Waals surface area contributed by atoms with E-state index in [1.165, 1.54) is 12.1 Å². The van der Waals surface area contributed by atoms with E-state index in [1.807, 2.05) is 0 Å². The fourth-order valence-corrected chi connectivity index (χ4v) is 4.15. The molecule has 0 unspecified atom stereocenters. The highest BCUT2D eigenvalue weighted by molar-refractivity contribution is 8.26. The zero-order chi connectivity index (χ0) is 22.8. The highest BCUT2D eigenvalue weighted by atomic mass is 32.2. The minimum absolute atomic E-state index is 0.00419. The lowest BCUT2D eigenvalue weighted by molar-refractivity contribution is -0.385. The van der Waals surface area contributed by atoms with Crippen LogP contribution >= 0.6 is 24.0 Å². The normalized spacial score (nSPS) is 14.8. The Balaban J connectivity index is 1.53. The number of thioether (sulfide) groups is 1. The number of rotatable bonds is 5. The Hall–Kier alpha value is -3.76. The van der Waals surface area contributed by atoms with Gasteiger partial charge in [-0.15, -0.1) is 0 Å². The molecule has 2 amide bonds. The SMILES string of the molecule is Cc1ccc(-c2ccc(C=C3SC(=S)N(NC(=O)c4ccccc4)C3=O)o2)cc1[N+](=O)[O-]. The minimum Gasteiger partial charge on any atom is -0.457 e. The fourth-order valence-electron chi connectivity index (χ4n) is 2.99. The van der Waals surface area contributed by atoms with E-state index < -0.39 is 16.7 Å².